The standard InChI is InChI=1S/C15H15N3O3/c1-8-17-11-4-2-3-10(16)14(11)15(21)18(8)12-6-5-9(19)7-13(12)20/h2-4,12H,5-7,16H2,1H3/i3D,4D. The third-order valence-corrected chi connectivity index (χ3v) is 3.75. The van der Waals surface area contributed by atoms with E-state index in [1.807, 2.05) is 0 Å². The van der Waals surface area contributed by atoms with Crippen LogP contribution in [-0.2, 0) is 9.59 Å². The zero-order valence-electron chi connectivity index (χ0n) is 13.5. The number of anilines is 1. The van der Waals surface area contributed by atoms with Crippen LogP contribution in [-0.4, -0.2) is 21.1 Å². The van der Waals surface area contributed by atoms with Crippen molar-refractivity contribution in [1.82, 2.24) is 9.55 Å². The van der Waals surface area contributed by atoms with E-state index in [1.165, 1.54) is 10.6 Å². The molecule has 21 heavy (non-hydrogen) atoms. The summed E-state index contributed by atoms with van der Waals surface area (Å²) in [6, 6.07) is 0.303. The zero-order valence-corrected chi connectivity index (χ0v) is 11.5. The number of Topliss-reactive ketones (excluding diaryl/α,β-unsaturated/α-hetero) is 2. The summed E-state index contributed by atoms with van der Waals surface area (Å²) in [5.74, 6) is -0.160. The van der Waals surface area contributed by atoms with E-state index in [1.54, 1.807) is 6.92 Å². The molecule has 108 valence electrons. The van der Waals surface area contributed by atoms with Crippen molar-refractivity contribution in [3.8, 4) is 0 Å². The molecule has 3 rings (SSSR count). The van der Waals surface area contributed by atoms with Gasteiger partial charge in [0.1, 0.15) is 11.6 Å². The molecule has 1 aliphatic rings. The van der Waals surface area contributed by atoms with E-state index in [-0.39, 0.29) is 59.5 Å². The molecule has 6 heteroatoms. The normalized spacial score (nSPS) is 20.5. The molecule has 0 aliphatic heterocycles. The number of aryl methyl sites for hydroxylation is 1. The van der Waals surface area contributed by atoms with Gasteiger partial charge in [-0.25, -0.2) is 4.98 Å². The predicted octanol–water partition coefficient (Wildman–Crippen LogP) is 1.15. The SMILES string of the molecule is [2H]c1cc([2H])c2nc(C)n(C3CCC(=O)CC3=O)c(=O)c2c1N. The molecular weight excluding hydrogens is 270 g/mol. The van der Waals surface area contributed by atoms with Crippen molar-refractivity contribution < 1.29 is 12.3 Å². The van der Waals surface area contributed by atoms with Gasteiger partial charge in [-0.05, 0) is 25.4 Å². The fourth-order valence-corrected chi connectivity index (χ4v) is 2.74. The number of aromatic nitrogens is 2. The summed E-state index contributed by atoms with van der Waals surface area (Å²) in [4.78, 5) is 40.6. The maximum absolute atomic E-state index is 12.8. The minimum absolute atomic E-state index is 0.0159. The highest BCUT2D eigenvalue weighted by Crippen LogP contribution is 2.24. The van der Waals surface area contributed by atoms with Crippen LogP contribution in [0.3, 0.4) is 0 Å². The first kappa shape index (κ1) is 11.2. The molecule has 1 atom stereocenters. The molecular formula is C15H15N3O3. The Labute approximate surface area is 123 Å². The Bertz CT molecular complexity index is 921. The lowest BCUT2D eigenvalue weighted by molar-refractivity contribution is -0.132. The summed E-state index contributed by atoms with van der Waals surface area (Å²) in [7, 11) is 0. The number of hydrogen-bond acceptors (Lipinski definition) is 5. The molecule has 0 radical (unpaired) electrons. The number of carbonyl (C=O) groups is 2. The fourth-order valence-electron chi connectivity index (χ4n) is 2.74. The van der Waals surface area contributed by atoms with Crippen molar-refractivity contribution in [2.24, 2.45) is 0 Å². The molecule has 1 heterocycles. The van der Waals surface area contributed by atoms with Crippen LogP contribution in [0.15, 0.2) is 22.9 Å². The number of nitrogen functional groups attached to an aromatic ring is 1. The second-order valence-corrected chi connectivity index (χ2v) is 5.14. The van der Waals surface area contributed by atoms with E-state index in [0.717, 1.165) is 0 Å². The monoisotopic (exact) mass is 287 g/mol. The van der Waals surface area contributed by atoms with Gasteiger partial charge in [-0.2, -0.15) is 0 Å². The number of carbonyl (C=O) groups excluding carboxylic acids is 2. The molecule has 2 N–H and O–H groups in total. The molecule has 2 aromatic rings. The van der Waals surface area contributed by atoms with Crippen LogP contribution in [0, 0.1) is 6.92 Å². The molecule has 0 amide bonds. The molecule has 1 aliphatic carbocycles. The topological polar surface area (TPSA) is 95.0 Å². The van der Waals surface area contributed by atoms with Crippen LogP contribution in [0.25, 0.3) is 10.9 Å². The number of ketones is 2. The largest absolute Gasteiger partial charge is 0.398 e. The Morgan fingerprint density at radius 3 is 2.86 bits per heavy atom. The van der Waals surface area contributed by atoms with E-state index >= 15 is 0 Å². The summed E-state index contributed by atoms with van der Waals surface area (Å²) >= 11 is 0. The van der Waals surface area contributed by atoms with Gasteiger partial charge in [-0.1, -0.05) is 6.07 Å². The van der Waals surface area contributed by atoms with E-state index in [9.17, 15) is 14.4 Å². The Morgan fingerprint density at radius 2 is 2.14 bits per heavy atom. The number of nitrogens with two attached hydrogens (primary N) is 1. The molecule has 0 saturated heterocycles. The van der Waals surface area contributed by atoms with Gasteiger partial charge in [0.05, 0.1) is 26.1 Å². The first-order valence-electron chi connectivity index (χ1n) is 7.64. The average molecular weight is 287 g/mol. The van der Waals surface area contributed by atoms with Crippen molar-refractivity contribution in [3.63, 3.8) is 0 Å². The van der Waals surface area contributed by atoms with E-state index < -0.39 is 11.6 Å². The highest BCUT2D eigenvalue weighted by molar-refractivity contribution is 6.03. The number of nitrogens with zero attached hydrogens (tertiary/aromatic N) is 2. The molecule has 1 fully saturated rings. The van der Waals surface area contributed by atoms with Gasteiger partial charge < -0.3 is 5.73 Å². The highest BCUT2D eigenvalue weighted by Gasteiger charge is 2.30. The zero-order chi connectivity index (χ0) is 16.9. The maximum Gasteiger partial charge on any atom is 0.264 e. The minimum Gasteiger partial charge on any atom is -0.398 e. The summed E-state index contributed by atoms with van der Waals surface area (Å²) in [5.41, 5.74) is 5.36. The lowest BCUT2D eigenvalue weighted by Gasteiger charge is -2.24. The van der Waals surface area contributed by atoms with Crippen molar-refractivity contribution in [3.05, 3.63) is 34.3 Å². The summed E-state index contributed by atoms with van der Waals surface area (Å²) in [6.45, 7) is 1.58. The number of hydrogen-bond donors (Lipinski definition) is 1. The van der Waals surface area contributed by atoms with Gasteiger partial charge in [-0.3, -0.25) is 19.0 Å². The van der Waals surface area contributed by atoms with Gasteiger partial charge in [-0.15, -0.1) is 0 Å². The predicted molar refractivity (Wildman–Crippen MR) is 78.1 cm³/mol. The van der Waals surface area contributed by atoms with Crippen LogP contribution in [0.2, 0.25) is 0 Å². The molecule has 1 aromatic carbocycles. The van der Waals surface area contributed by atoms with E-state index in [0.29, 0.717) is 5.82 Å². The third kappa shape index (κ3) is 2.12. The van der Waals surface area contributed by atoms with Crippen molar-refractivity contribution in [2.75, 3.05) is 5.73 Å². The van der Waals surface area contributed by atoms with Crippen LogP contribution < -0.4 is 11.3 Å². The first-order chi connectivity index (χ1) is 10.8. The Morgan fingerprint density at radius 1 is 1.38 bits per heavy atom. The van der Waals surface area contributed by atoms with E-state index in [4.69, 9.17) is 8.48 Å². The Balaban J connectivity index is 2.31. The maximum atomic E-state index is 12.8. The van der Waals surface area contributed by atoms with Gasteiger partial charge >= 0.3 is 0 Å². The third-order valence-electron chi connectivity index (χ3n) is 3.75. The minimum atomic E-state index is -0.750. The smallest absolute Gasteiger partial charge is 0.264 e. The van der Waals surface area contributed by atoms with Crippen LogP contribution in [0.5, 0.6) is 0 Å². The molecule has 1 aromatic heterocycles. The van der Waals surface area contributed by atoms with Gasteiger partial charge in [0.25, 0.3) is 5.56 Å². The lowest BCUT2D eigenvalue weighted by Crippen LogP contribution is -2.36. The molecule has 0 spiro atoms. The van der Waals surface area contributed by atoms with Crippen LogP contribution in [0.4, 0.5) is 5.69 Å². The first-order valence-corrected chi connectivity index (χ1v) is 6.64. The quantitative estimate of drug-likeness (QED) is 0.627. The van der Waals surface area contributed by atoms with Crippen molar-refractivity contribution in [2.45, 2.75) is 32.2 Å². The lowest BCUT2D eigenvalue weighted by atomic mass is 9.92. The molecule has 6 nitrogen and oxygen atoms in total. The number of rotatable bonds is 1. The van der Waals surface area contributed by atoms with Gasteiger partial charge in [0.15, 0.2) is 5.78 Å². The average Bonchev–Trinajstić information content (AvgIpc) is 2.46. The summed E-state index contributed by atoms with van der Waals surface area (Å²) in [6.07, 6.45) is 0.296. The second kappa shape index (κ2) is 4.80. The molecule has 0 bridgehead atoms. The van der Waals surface area contributed by atoms with Crippen molar-refractivity contribution >= 4 is 28.2 Å². The fraction of sp³-hybridized carbons (Fsp3) is 0.333. The number of benzene rings is 1. The van der Waals surface area contributed by atoms with Crippen LogP contribution in [0.1, 0.15) is 33.9 Å². The van der Waals surface area contributed by atoms with Crippen LogP contribution >= 0.6 is 0 Å². The van der Waals surface area contributed by atoms with Gasteiger partial charge in [0.2, 0.25) is 0 Å². The number of fused-ring (bicyclic) bond motifs is 1. The summed E-state index contributed by atoms with van der Waals surface area (Å²) < 4.78 is 16.9. The Kier molecular flexibility index (Phi) is 2.56. The molecule has 1 saturated carbocycles. The summed E-state index contributed by atoms with van der Waals surface area (Å²) in [5, 5.41) is -0.0159. The Hall–Kier alpha value is -2.50. The van der Waals surface area contributed by atoms with Crippen molar-refractivity contribution in [1.29, 1.82) is 0 Å². The molecule has 1 unspecified atom stereocenters. The highest BCUT2D eigenvalue weighted by atomic mass is 16.2. The van der Waals surface area contributed by atoms with Gasteiger partial charge in [0, 0.05) is 12.1 Å². The van der Waals surface area contributed by atoms with E-state index in [2.05, 4.69) is 4.98 Å². The second-order valence-electron chi connectivity index (χ2n) is 5.14.